The second-order valence-corrected chi connectivity index (χ2v) is 5.08. The van der Waals surface area contributed by atoms with Crippen molar-refractivity contribution in [1.82, 2.24) is 5.32 Å². The molecule has 2 N–H and O–H groups in total. The van der Waals surface area contributed by atoms with Gasteiger partial charge in [0.05, 0.1) is 5.69 Å². The summed E-state index contributed by atoms with van der Waals surface area (Å²) in [6.45, 7) is 0.708. The van der Waals surface area contributed by atoms with Gasteiger partial charge in [0.2, 0.25) is 5.91 Å². The molecule has 0 saturated carbocycles. The van der Waals surface area contributed by atoms with Gasteiger partial charge in [-0.25, -0.2) is 4.39 Å². The van der Waals surface area contributed by atoms with Crippen LogP contribution in [0.1, 0.15) is 19.3 Å². The summed E-state index contributed by atoms with van der Waals surface area (Å²) in [7, 11) is 0. The maximum Gasteiger partial charge on any atom is 0.222 e. The lowest BCUT2D eigenvalue weighted by Crippen LogP contribution is -2.27. The largest absolute Gasteiger partial charge is 0.379 e. The van der Waals surface area contributed by atoms with Gasteiger partial charge in [-0.2, -0.15) is 0 Å². The number of amides is 1. The zero-order valence-corrected chi connectivity index (χ0v) is 10.9. The van der Waals surface area contributed by atoms with E-state index in [4.69, 9.17) is 0 Å². The molecule has 1 heterocycles. The minimum Gasteiger partial charge on any atom is -0.379 e. The van der Waals surface area contributed by atoms with Crippen molar-refractivity contribution in [1.29, 1.82) is 0 Å². The topological polar surface area (TPSA) is 41.1 Å². The van der Waals surface area contributed by atoms with E-state index in [1.165, 1.54) is 6.07 Å². The Bertz CT molecular complexity index is 425. The molecule has 0 radical (unpaired) electrons. The predicted molar refractivity (Wildman–Crippen MR) is 68.4 cm³/mol. The van der Waals surface area contributed by atoms with Crippen LogP contribution in [-0.4, -0.2) is 18.5 Å². The Kier molecular flexibility index (Phi) is 3.99. The molecule has 1 aromatic carbocycles. The minimum atomic E-state index is -0.302. The molecule has 1 unspecified atom stereocenters. The maximum absolute atomic E-state index is 13.6. The summed E-state index contributed by atoms with van der Waals surface area (Å²) in [6, 6.07) is 4.89. The average molecular weight is 301 g/mol. The van der Waals surface area contributed by atoms with Crippen LogP contribution < -0.4 is 10.6 Å². The first-order valence-electron chi connectivity index (χ1n) is 5.63. The van der Waals surface area contributed by atoms with Crippen molar-refractivity contribution in [3.63, 3.8) is 0 Å². The van der Waals surface area contributed by atoms with Crippen LogP contribution in [-0.2, 0) is 4.79 Å². The summed E-state index contributed by atoms with van der Waals surface area (Å²) < 4.78 is 14.3. The zero-order chi connectivity index (χ0) is 12.3. The molecule has 1 aliphatic rings. The molecule has 1 aromatic rings. The van der Waals surface area contributed by atoms with Gasteiger partial charge in [0.15, 0.2) is 0 Å². The number of benzene rings is 1. The summed E-state index contributed by atoms with van der Waals surface area (Å²) >= 11 is 3.21. The van der Waals surface area contributed by atoms with E-state index in [0.717, 1.165) is 12.8 Å². The van der Waals surface area contributed by atoms with Crippen molar-refractivity contribution >= 4 is 27.5 Å². The standard InChI is InChI=1S/C12H14BrFN2O/c13-8-3-4-11(10(14)6-8)16-9-2-1-5-15-12(17)7-9/h3-4,6,9,16H,1-2,5,7H2,(H,15,17). The van der Waals surface area contributed by atoms with Crippen LogP contribution in [0.5, 0.6) is 0 Å². The molecule has 5 heteroatoms. The van der Waals surface area contributed by atoms with E-state index in [2.05, 4.69) is 26.6 Å². The number of rotatable bonds is 2. The highest BCUT2D eigenvalue weighted by Gasteiger charge is 2.18. The number of hydrogen-bond donors (Lipinski definition) is 2. The Labute approximate surface area is 108 Å². The average Bonchev–Trinajstić information content (AvgIpc) is 2.47. The molecule has 3 nitrogen and oxygen atoms in total. The number of carbonyl (C=O) groups is 1. The highest BCUT2D eigenvalue weighted by Crippen LogP contribution is 2.21. The van der Waals surface area contributed by atoms with Crippen LogP contribution in [0.15, 0.2) is 22.7 Å². The molecule has 1 fully saturated rings. The molecule has 1 atom stereocenters. The van der Waals surface area contributed by atoms with Crippen LogP contribution in [0.4, 0.5) is 10.1 Å². The summed E-state index contributed by atoms with van der Waals surface area (Å²) in [5.74, 6) is -0.276. The van der Waals surface area contributed by atoms with Crippen molar-refractivity contribution in [2.75, 3.05) is 11.9 Å². The summed E-state index contributed by atoms with van der Waals surface area (Å²) in [5.41, 5.74) is 0.452. The van der Waals surface area contributed by atoms with Gasteiger partial charge in [-0.1, -0.05) is 15.9 Å². The van der Waals surface area contributed by atoms with E-state index < -0.39 is 0 Å². The fraction of sp³-hybridized carbons (Fsp3) is 0.417. The molecule has 1 amide bonds. The SMILES string of the molecule is O=C1CC(Nc2ccc(Br)cc2F)CCCN1. The Hall–Kier alpha value is -1.10. The molecule has 1 aliphatic heterocycles. The van der Waals surface area contributed by atoms with Gasteiger partial charge in [-0.3, -0.25) is 4.79 Å². The first-order valence-corrected chi connectivity index (χ1v) is 6.43. The molecule has 0 aliphatic carbocycles. The molecule has 1 saturated heterocycles. The molecule has 0 bridgehead atoms. The van der Waals surface area contributed by atoms with E-state index in [1.807, 2.05) is 0 Å². The monoisotopic (exact) mass is 300 g/mol. The van der Waals surface area contributed by atoms with Gasteiger partial charge in [-0.05, 0) is 31.0 Å². The van der Waals surface area contributed by atoms with E-state index in [1.54, 1.807) is 12.1 Å². The van der Waals surface area contributed by atoms with Gasteiger partial charge >= 0.3 is 0 Å². The lowest BCUT2D eigenvalue weighted by Gasteiger charge is -2.17. The van der Waals surface area contributed by atoms with Crippen molar-refractivity contribution in [2.24, 2.45) is 0 Å². The molecular formula is C12H14BrFN2O. The second kappa shape index (κ2) is 5.49. The van der Waals surface area contributed by atoms with Gasteiger partial charge in [0.25, 0.3) is 0 Å². The van der Waals surface area contributed by atoms with Crippen LogP contribution in [0.2, 0.25) is 0 Å². The number of anilines is 1. The van der Waals surface area contributed by atoms with E-state index in [0.29, 0.717) is 23.1 Å². The maximum atomic E-state index is 13.6. The third-order valence-electron chi connectivity index (χ3n) is 2.77. The summed E-state index contributed by atoms with van der Waals surface area (Å²) in [5, 5.41) is 5.89. The zero-order valence-electron chi connectivity index (χ0n) is 9.30. The number of nitrogens with one attached hydrogen (secondary N) is 2. The Balaban J connectivity index is 2.06. The number of hydrogen-bond acceptors (Lipinski definition) is 2. The molecular weight excluding hydrogens is 287 g/mol. The van der Waals surface area contributed by atoms with Crippen molar-refractivity contribution in [3.8, 4) is 0 Å². The number of halogens is 2. The van der Waals surface area contributed by atoms with Crippen LogP contribution in [0.25, 0.3) is 0 Å². The fourth-order valence-electron chi connectivity index (χ4n) is 1.92. The van der Waals surface area contributed by atoms with Crippen molar-refractivity contribution < 1.29 is 9.18 Å². The molecule has 2 rings (SSSR count). The van der Waals surface area contributed by atoms with Crippen LogP contribution in [0, 0.1) is 5.82 Å². The van der Waals surface area contributed by atoms with Crippen LogP contribution in [0.3, 0.4) is 0 Å². The third kappa shape index (κ3) is 3.43. The first-order chi connectivity index (χ1) is 8.15. The van der Waals surface area contributed by atoms with Gasteiger partial charge in [0, 0.05) is 23.5 Å². The highest BCUT2D eigenvalue weighted by atomic mass is 79.9. The normalized spacial score (nSPS) is 20.6. The molecule has 17 heavy (non-hydrogen) atoms. The van der Waals surface area contributed by atoms with E-state index >= 15 is 0 Å². The highest BCUT2D eigenvalue weighted by molar-refractivity contribution is 9.10. The molecule has 92 valence electrons. The van der Waals surface area contributed by atoms with Gasteiger partial charge in [-0.15, -0.1) is 0 Å². The minimum absolute atomic E-state index is 0.00757. The Morgan fingerprint density at radius 2 is 2.29 bits per heavy atom. The summed E-state index contributed by atoms with van der Waals surface area (Å²) in [6.07, 6.45) is 2.19. The molecule has 0 spiro atoms. The van der Waals surface area contributed by atoms with Crippen LogP contribution >= 0.6 is 15.9 Å². The van der Waals surface area contributed by atoms with Crippen molar-refractivity contribution in [3.05, 3.63) is 28.5 Å². The van der Waals surface area contributed by atoms with E-state index in [9.17, 15) is 9.18 Å². The van der Waals surface area contributed by atoms with Gasteiger partial charge < -0.3 is 10.6 Å². The number of carbonyl (C=O) groups excluding carboxylic acids is 1. The molecule has 0 aromatic heterocycles. The van der Waals surface area contributed by atoms with E-state index in [-0.39, 0.29) is 17.8 Å². The summed E-state index contributed by atoms with van der Waals surface area (Å²) in [4.78, 5) is 11.4. The second-order valence-electron chi connectivity index (χ2n) is 4.16. The smallest absolute Gasteiger partial charge is 0.222 e. The Morgan fingerprint density at radius 3 is 3.06 bits per heavy atom. The predicted octanol–water partition coefficient (Wildman–Crippen LogP) is 2.67. The quantitative estimate of drug-likeness (QED) is 0.882. The fourth-order valence-corrected chi connectivity index (χ4v) is 2.26. The Morgan fingerprint density at radius 1 is 1.47 bits per heavy atom. The lowest BCUT2D eigenvalue weighted by atomic mass is 10.1. The van der Waals surface area contributed by atoms with Crippen molar-refractivity contribution in [2.45, 2.75) is 25.3 Å². The third-order valence-corrected chi connectivity index (χ3v) is 3.27. The van der Waals surface area contributed by atoms with Gasteiger partial charge in [0.1, 0.15) is 5.82 Å². The first kappa shape index (κ1) is 12.4. The lowest BCUT2D eigenvalue weighted by molar-refractivity contribution is -0.120.